The maximum Gasteiger partial charge on any atom is 0.328 e. The van der Waals surface area contributed by atoms with Gasteiger partial charge in [-0.2, -0.15) is 0 Å². The minimum atomic E-state index is -0.980. The molecule has 0 unspecified atom stereocenters. The molecular weight excluding hydrogens is 367 g/mol. The number of hydrogen-bond donors (Lipinski definition) is 1. The Balaban J connectivity index is 2.36. The highest BCUT2D eigenvalue weighted by atomic mass is 127. The monoisotopic (exact) mass is 380 g/mol. The summed E-state index contributed by atoms with van der Waals surface area (Å²) in [5, 5.41) is 8.74. The number of ether oxygens (including phenoxy) is 1. The van der Waals surface area contributed by atoms with Gasteiger partial charge in [0, 0.05) is 11.6 Å². The van der Waals surface area contributed by atoms with Gasteiger partial charge in [-0.05, 0) is 59.9 Å². The van der Waals surface area contributed by atoms with E-state index in [0.717, 1.165) is 26.5 Å². The lowest BCUT2D eigenvalue weighted by atomic mass is 10.1. The Morgan fingerprint density at radius 2 is 1.95 bits per heavy atom. The van der Waals surface area contributed by atoms with Crippen molar-refractivity contribution in [3.05, 3.63) is 63.2 Å². The van der Waals surface area contributed by atoms with Crippen LogP contribution in [0.15, 0.2) is 48.5 Å². The lowest BCUT2D eigenvalue weighted by molar-refractivity contribution is -0.131. The fourth-order valence-corrected chi connectivity index (χ4v) is 2.20. The molecule has 2 aromatic carbocycles. The third kappa shape index (κ3) is 3.84. The van der Waals surface area contributed by atoms with Crippen LogP contribution in [0.2, 0.25) is 0 Å². The molecule has 1 N–H and O–H groups in total. The van der Waals surface area contributed by atoms with Crippen LogP contribution in [0.4, 0.5) is 0 Å². The van der Waals surface area contributed by atoms with E-state index in [1.165, 1.54) is 0 Å². The molecule has 0 saturated heterocycles. The van der Waals surface area contributed by atoms with E-state index in [0.29, 0.717) is 5.75 Å². The molecule has 0 aliphatic rings. The summed E-state index contributed by atoms with van der Waals surface area (Å²) in [5.41, 5.74) is 1.79. The van der Waals surface area contributed by atoms with E-state index >= 15 is 0 Å². The van der Waals surface area contributed by atoms with Crippen molar-refractivity contribution in [3.63, 3.8) is 0 Å². The Labute approximate surface area is 131 Å². The normalized spacial score (nSPS) is 10.7. The van der Waals surface area contributed by atoms with Crippen LogP contribution in [-0.4, -0.2) is 11.1 Å². The average Bonchev–Trinajstić information content (AvgIpc) is 2.41. The minimum Gasteiger partial charge on any atom is -0.478 e. The molecule has 0 aliphatic heterocycles. The number of carboxylic acids is 1. The molecule has 102 valence electrons. The SMILES string of the molecule is Cc1ccc(Oc2ccccc2I)c(/C=C/C(=O)O)c1. The first kappa shape index (κ1) is 14.6. The number of halogens is 1. The van der Waals surface area contributed by atoms with Gasteiger partial charge in [0.15, 0.2) is 0 Å². The smallest absolute Gasteiger partial charge is 0.328 e. The molecule has 0 amide bonds. The maximum absolute atomic E-state index is 10.7. The second-order valence-corrected chi connectivity index (χ2v) is 5.41. The average molecular weight is 380 g/mol. The first-order chi connectivity index (χ1) is 9.56. The van der Waals surface area contributed by atoms with Gasteiger partial charge in [-0.15, -0.1) is 0 Å². The third-order valence-electron chi connectivity index (χ3n) is 2.63. The summed E-state index contributed by atoms with van der Waals surface area (Å²) in [4.78, 5) is 10.7. The van der Waals surface area contributed by atoms with Crippen LogP contribution < -0.4 is 4.74 Å². The lowest BCUT2D eigenvalue weighted by Crippen LogP contribution is -1.92. The van der Waals surface area contributed by atoms with E-state index < -0.39 is 5.97 Å². The molecule has 0 radical (unpaired) electrons. The van der Waals surface area contributed by atoms with Crippen LogP contribution in [0.3, 0.4) is 0 Å². The Hall–Kier alpha value is -1.82. The van der Waals surface area contributed by atoms with E-state index in [1.807, 2.05) is 49.4 Å². The fourth-order valence-electron chi connectivity index (χ4n) is 1.70. The number of aryl methyl sites for hydroxylation is 1. The molecule has 4 heteroatoms. The quantitative estimate of drug-likeness (QED) is 0.628. The second kappa shape index (κ2) is 6.56. The number of hydrogen-bond acceptors (Lipinski definition) is 2. The largest absolute Gasteiger partial charge is 0.478 e. The Bertz CT molecular complexity index is 663. The van der Waals surface area contributed by atoms with Crippen molar-refractivity contribution >= 4 is 34.6 Å². The van der Waals surface area contributed by atoms with Crippen LogP contribution in [-0.2, 0) is 4.79 Å². The molecule has 20 heavy (non-hydrogen) atoms. The zero-order chi connectivity index (χ0) is 14.5. The lowest BCUT2D eigenvalue weighted by Gasteiger charge is -2.11. The number of carboxylic acid groups (broad SMARTS) is 1. The van der Waals surface area contributed by atoms with Gasteiger partial charge in [0.05, 0.1) is 3.57 Å². The number of aliphatic carboxylic acids is 1. The molecule has 0 aliphatic carbocycles. The van der Waals surface area contributed by atoms with Gasteiger partial charge in [-0.3, -0.25) is 0 Å². The molecule has 0 heterocycles. The zero-order valence-corrected chi connectivity index (χ0v) is 13.0. The highest BCUT2D eigenvalue weighted by molar-refractivity contribution is 14.1. The molecular formula is C16H13IO3. The number of para-hydroxylation sites is 1. The molecule has 0 atom stereocenters. The van der Waals surface area contributed by atoms with Gasteiger partial charge in [0.25, 0.3) is 0 Å². The molecule has 2 rings (SSSR count). The van der Waals surface area contributed by atoms with Crippen LogP contribution in [0.1, 0.15) is 11.1 Å². The Morgan fingerprint density at radius 1 is 1.20 bits per heavy atom. The fraction of sp³-hybridized carbons (Fsp3) is 0.0625. The molecule has 2 aromatic rings. The molecule has 3 nitrogen and oxygen atoms in total. The highest BCUT2D eigenvalue weighted by Crippen LogP contribution is 2.30. The van der Waals surface area contributed by atoms with Gasteiger partial charge >= 0.3 is 5.97 Å². The summed E-state index contributed by atoms with van der Waals surface area (Å²) in [7, 11) is 0. The summed E-state index contributed by atoms with van der Waals surface area (Å²) < 4.78 is 6.87. The summed E-state index contributed by atoms with van der Waals surface area (Å²) in [6.45, 7) is 1.95. The van der Waals surface area contributed by atoms with E-state index in [-0.39, 0.29) is 0 Å². The first-order valence-electron chi connectivity index (χ1n) is 6.00. The zero-order valence-electron chi connectivity index (χ0n) is 10.8. The van der Waals surface area contributed by atoms with Crippen molar-refractivity contribution in [2.24, 2.45) is 0 Å². The molecule has 0 saturated carbocycles. The van der Waals surface area contributed by atoms with Crippen molar-refractivity contribution in [3.8, 4) is 11.5 Å². The summed E-state index contributed by atoms with van der Waals surface area (Å²) in [6, 6.07) is 13.4. The van der Waals surface area contributed by atoms with Crippen LogP contribution >= 0.6 is 22.6 Å². The standard InChI is InChI=1S/C16H13IO3/c1-11-6-8-14(12(10-11)7-9-16(18)19)20-15-5-3-2-4-13(15)17/h2-10H,1H3,(H,18,19)/b9-7+. The predicted octanol–water partition coefficient (Wildman–Crippen LogP) is 4.49. The number of rotatable bonds is 4. The molecule has 0 bridgehead atoms. The number of carbonyl (C=O) groups is 1. The predicted molar refractivity (Wildman–Crippen MR) is 87.1 cm³/mol. The topological polar surface area (TPSA) is 46.5 Å². The number of benzene rings is 2. The summed E-state index contributed by atoms with van der Waals surface area (Å²) in [5.74, 6) is 0.408. The maximum atomic E-state index is 10.7. The molecule has 0 aromatic heterocycles. The van der Waals surface area contributed by atoms with Gasteiger partial charge in [-0.1, -0.05) is 23.8 Å². The van der Waals surface area contributed by atoms with Crippen molar-refractivity contribution in [1.29, 1.82) is 0 Å². The summed E-state index contributed by atoms with van der Waals surface area (Å²) in [6.07, 6.45) is 2.65. The third-order valence-corrected chi connectivity index (χ3v) is 3.52. The van der Waals surface area contributed by atoms with E-state index in [9.17, 15) is 4.79 Å². The van der Waals surface area contributed by atoms with Crippen LogP contribution in [0.25, 0.3) is 6.08 Å². The molecule has 0 spiro atoms. The highest BCUT2D eigenvalue weighted by Gasteiger charge is 2.06. The van der Waals surface area contributed by atoms with Crippen molar-refractivity contribution in [1.82, 2.24) is 0 Å². The van der Waals surface area contributed by atoms with Crippen LogP contribution in [0.5, 0.6) is 11.5 Å². The Morgan fingerprint density at radius 3 is 2.65 bits per heavy atom. The van der Waals surface area contributed by atoms with E-state index in [4.69, 9.17) is 9.84 Å². The Kier molecular flexibility index (Phi) is 4.79. The summed E-state index contributed by atoms with van der Waals surface area (Å²) >= 11 is 2.20. The van der Waals surface area contributed by atoms with Crippen molar-refractivity contribution in [2.75, 3.05) is 0 Å². The van der Waals surface area contributed by atoms with E-state index in [1.54, 1.807) is 6.08 Å². The van der Waals surface area contributed by atoms with Gasteiger partial charge in [0.1, 0.15) is 11.5 Å². The van der Waals surface area contributed by atoms with E-state index in [2.05, 4.69) is 22.6 Å². The van der Waals surface area contributed by atoms with Crippen LogP contribution in [0, 0.1) is 10.5 Å². The van der Waals surface area contributed by atoms with Gasteiger partial charge in [-0.25, -0.2) is 4.79 Å². The van der Waals surface area contributed by atoms with Gasteiger partial charge < -0.3 is 9.84 Å². The minimum absolute atomic E-state index is 0.636. The molecule has 0 fully saturated rings. The van der Waals surface area contributed by atoms with Crippen molar-refractivity contribution < 1.29 is 14.6 Å². The first-order valence-corrected chi connectivity index (χ1v) is 7.08. The van der Waals surface area contributed by atoms with Gasteiger partial charge in [0.2, 0.25) is 0 Å². The second-order valence-electron chi connectivity index (χ2n) is 4.25. The van der Waals surface area contributed by atoms with Crippen molar-refractivity contribution in [2.45, 2.75) is 6.92 Å².